The van der Waals surface area contributed by atoms with Crippen molar-refractivity contribution in [2.75, 3.05) is 11.1 Å². The highest BCUT2D eigenvalue weighted by Gasteiger charge is 2.16. The van der Waals surface area contributed by atoms with Gasteiger partial charge in [-0.05, 0) is 37.1 Å². The summed E-state index contributed by atoms with van der Waals surface area (Å²) in [6, 6.07) is 4.84. The van der Waals surface area contributed by atoms with Crippen LogP contribution in [-0.2, 0) is 0 Å². The van der Waals surface area contributed by atoms with Crippen molar-refractivity contribution in [2.24, 2.45) is 0 Å². The summed E-state index contributed by atoms with van der Waals surface area (Å²) in [5.41, 5.74) is 7.80. The van der Waals surface area contributed by atoms with E-state index in [1.54, 1.807) is 13.0 Å². The number of anilines is 2. The SMILES string of the molecule is Cc1cc(C)c(C(=O)Nc2c(F)cc(F)cc2Cl)cc1N. The molecule has 0 bridgehead atoms. The van der Waals surface area contributed by atoms with Crippen molar-refractivity contribution in [2.45, 2.75) is 13.8 Å². The zero-order chi connectivity index (χ0) is 15.7. The number of carbonyl (C=O) groups is 1. The van der Waals surface area contributed by atoms with Crippen LogP contribution in [0.3, 0.4) is 0 Å². The lowest BCUT2D eigenvalue weighted by Crippen LogP contribution is -2.15. The minimum atomic E-state index is -0.939. The highest BCUT2D eigenvalue weighted by molar-refractivity contribution is 6.34. The standard InChI is InChI=1S/C15H13ClF2N2O/c1-7-3-8(2)13(19)6-10(7)15(21)20-14-11(16)4-9(17)5-12(14)18/h3-6H,19H2,1-2H3,(H,20,21). The molecule has 2 aromatic rings. The third-order valence-corrected chi connectivity index (χ3v) is 3.40. The third kappa shape index (κ3) is 3.13. The summed E-state index contributed by atoms with van der Waals surface area (Å²) in [5, 5.41) is 2.13. The average molecular weight is 311 g/mol. The Morgan fingerprint density at radius 2 is 1.81 bits per heavy atom. The van der Waals surface area contributed by atoms with Crippen LogP contribution in [0.25, 0.3) is 0 Å². The minimum Gasteiger partial charge on any atom is -0.398 e. The van der Waals surface area contributed by atoms with E-state index in [2.05, 4.69) is 5.32 Å². The fraction of sp³-hybridized carbons (Fsp3) is 0.133. The van der Waals surface area contributed by atoms with Gasteiger partial charge in [-0.25, -0.2) is 8.78 Å². The number of hydrogen-bond acceptors (Lipinski definition) is 2. The first-order valence-electron chi connectivity index (χ1n) is 6.12. The number of hydrogen-bond donors (Lipinski definition) is 2. The molecule has 2 aromatic carbocycles. The zero-order valence-corrected chi connectivity index (χ0v) is 12.2. The van der Waals surface area contributed by atoms with Crippen LogP contribution in [0.2, 0.25) is 5.02 Å². The predicted molar refractivity (Wildman–Crippen MR) is 79.6 cm³/mol. The highest BCUT2D eigenvalue weighted by Crippen LogP contribution is 2.27. The number of halogens is 3. The Hall–Kier alpha value is -2.14. The molecule has 1 amide bonds. The normalized spacial score (nSPS) is 10.5. The summed E-state index contributed by atoms with van der Waals surface area (Å²) in [4.78, 5) is 12.2. The summed E-state index contributed by atoms with van der Waals surface area (Å²) in [6.07, 6.45) is 0. The van der Waals surface area contributed by atoms with E-state index in [1.807, 2.05) is 6.92 Å². The molecular weight excluding hydrogens is 298 g/mol. The first kappa shape index (κ1) is 15.3. The van der Waals surface area contributed by atoms with Gasteiger partial charge in [0.15, 0.2) is 5.82 Å². The minimum absolute atomic E-state index is 0.210. The monoisotopic (exact) mass is 310 g/mol. The Kier molecular flexibility index (Phi) is 4.14. The van der Waals surface area contributed by atoms with Crippen LogP contribution in [0.5, 0.6) is 0 Å². The molecule has 0 saturated carbocycles. The van der Waals surface area contributed by atoms with Gasteiger partial charge in [-0.1, -0.05) is 17.7 Å². The van der Waals surface area contributed by atoms with Crippen LogP contribution in [-0.4, -0.2) is 5.91 Å². The van der Waals surface area contributed by atoms with E-state index in [-0.39, 0.29) is 10.7 Å². The van der Waals surface area contributed by atoms with Gasteiger partial charge in [-0.15, -0.1) is 0 Å². The van der Waals surface area contributed by atoms with Crippen molar-refractivity contribution in [1.29, 1.82) is 0 Å². The van der Waals surface area contributed by atoms with Crippen molar-refractivity contribution in [3.8, 4) is 0 Å². The second kappa shape index (κ2) is 5.69. The number of amides is 1. The van der Waals surface area contributed by atoms with Crippen molar-refractivity contribution < 1.29 is 13.6 Å². The lowest BCUT2D eigenvalue weighted by Gasteiger charge is -2.12. The van der Waals surface area contributed by atoms with Gasteiger partial charge in [-0.3, -0.25) is 4.79 Å². The lowest BCUT2D eigenvalue weighted by atomic mass is 10.0. The molecule has 2 rings (SSSR count). The van der Waals surface area contributed by atoms with Crippen LogP contribution in [0, 0.1) is 25.5 Å². The molecule has 0 unspecified atom stereocenters. The largest absolute Gasteiger partial charge is 0.398 e. The molecule has 110 valence electrons. The Balaban J connectivity index is 2.37. The number of benzene rings is 2. The van der Waals surface area contributed by atoms with Crippen LogP contribution in [0.4, 0.5) is 20.2 Å². The summed E-state index contributed by atoms with van der Waals surface area (Å²) < 4.78 is 26.6. The Labute approximate surface area is 125 Å². The van der Waals surface area contributed by atoms with Gasteiger partial charge in [-0.2, -0.15) is 0 Å². The third-order valence-electron chi connectivity index (χ3n) is 3.10. The van der Waals surface area contributed by atoms with Gasteiger partial charge in [0, 0.05) is 17.3 Å². The molecule has 0 heterocycles. The van der Waals surface area contributed by atoms with Crippen LogP contribution >= 0.6 is 11.6 Å². The van der Waals surface area contributed by atoms with Crippen LogP contribution in [0.15, 0.2) is 24.3 Å². The van der Waals surface area contributed by atoms with Gasteiger partial charge < -0.3 is 11.1 Å². The first-order chi connectivity index (χ1) is 9.79. The molecule has 0 radical (unpaired) electrons. The maximum absolute atomic E-state index is 13.7. The van der Waals surface area contributed by atoms with Gasteiger partial charge in [0.25, 0.3) is 5.91 Å². The van der Waals surface area contributed by atoms with Crippen molar-refractivity contribution in [3.63, 3.8) is 0 Å². The molecule has 0 aliphatic rings. The van der Waals surface area contributed by atoms with Crippen molar-refractivity contribution in [1.82, 2.24) is 0 Å². The molecule has 21 heavy (non-hydrogen) atoms. The van der Waals surface area contributed by atoms with Gasteiger partial charge in [0.2, 0.25) is 0 Å². The van der Waals surface area contributed by atoms with Crippen molar-refractivity contribution in [3.05, 3.63) is 57.6 Å². The van der Waals surface area contributed by atoms with E-state index in [9.17, 15) is 13.6 Å². The Morgan fingerprint density at radius 1 is 1.14 bits per heavy atom. The second-order valence-corrected chi connectivity index (χ2v) is 5.13. The van der Waals surface area contributed by atoms with E-state index in [4.69, 9.17) is 17.3 Å². The van der Waals surface area contributed by atoms with E-state index in [0.717, 1.165) is 11.6 Å². The zero-order valence-electron chi connectivity index (χ0n) is 11.4. The lowest BCUT2D eigenvalue weighted by molar-refractivity contribution is 0.102. The number of nitrogens with two attached hydrogens (primary N) is 1. The summed E-state index contributed by atoms with van der Waals surface area (Å²) in [5.74, 6) is -2.32. The molecule has 6 heteroatoms. The molecule has 0 aromatic heterocycles. The number of aryl methyl sites for hydroxylation is 2. The summed E-state index contributed by atoms with van der Waals surface area (Å²) >= 11 is 5.74. The molecule has 0 fully saturated rings. The molecule has 0 saturated heterocycles. The predicted octanol–water partition coefficient (Wildman–Crippen LogP) is 4.07. The smallest absolute Gasteiger partial charge is 0.256 e. The molecule has 0 aliphatic carbocycles. The van der Waals surface area contributed by atoms with E-state index in [0.29, 0.717) is 22.9 Å². The fourth-order valence-corrected chi connectivity index (χ4v) is 2.20. The van der Waals surface area contributed by atoms with E-state index < -0.39 is 17.5 Å². The molecule has 0 aliphatic heterocycles. The Bertz CT molecular complexity index is 709. The van der Waals surface area contributed by atoms with Crippen LogP contribution < -0.4 is 11.1 Å². The number of nitrogens with one attached hydrogen (secondary N) is 1. The van der Waals surface area contributed by atoms with Gasteiger partial charge in [0.05, 0.1) is 10.7 Å². The van der Waals surface area contributed by atoms with Crippen molar-refractivity contribution >= 4 is 28.9 Å². The van der Waals surface area contributed by atoms with E-state index in [1.165, 1.54) is 6.07 Å². The van der Waals surface area contributed by atoms with Gasteiger partial charge in [0.1, 0.15) is 5.82 Å². The number of nitrogen functional groups attached to an aromatic ring is 1. The van der Waals surface area contributed by atoms with Gasteiger partial charge >= 0.3 is 0 Å². The van der Waals surface area contributed by atoms with Crippen LogP contribution in [0.1, 0.15) is 21.5 Å². The highest BCUT2D eigenvalue weighted by atomic mass is 35.5. The molecule has 0 atom stereocenters. The average Bonchev–Trinajstić information content (AvgIpc) is 2.37. The topological polar surface area (TPSA) is 55.1 Å². The first-order valence-corrected chi connectivity index (χ1v) is 6.50. The summed E-state index contributed by atoms with van der Waals surface area (Å²) in [6.45, 7) is 3.56. The quantitative estimate of drug-likeness (QED) is 0.822. The maximum Gasteiger partial charge on any atom is 0.256 e. The Morgan fingerprint density at radius 3 is 2.43 bits per heavy atom. The number of rotatable bonds is 2. The molecule has 3 nitrogen and oxygen atoms in total. The summed E-state index contributed by atoms with van der Waals surface area (Å²) in [7, 11) is 0. The molecule has 3 N–H and O–H groups in total. The van der Waals surface area contributed by atoms with E-state index >= 15 is 0 Å². The fourth-order valence-electron chi connectivity index (χ4n) is 1.96. The number of carbonyl (C=O) groups excluding carboxylic acids is 1. The second-order valence-electron chi connectivity index (χ2n) is 4.72. The maximum atomic E-state index is 13.7. The molecule has 0 spiro atoms. The molecular formula is C15H13ClF2N2O.